The van der Waals surface area contributed by atoms with E-state index in [1.807, 2.05) is 36.4 Å². The Hall–Kier alpha value is -4.42. The molecule has 0 saturated carbocycles. The minimum absolute atomic E-state index is 0.142. The van der Waals surface area contributed by atoms with E-state index >= 15 is 0 Å². The highest BCUT2D eigenvalue weighted by molar-refractivity contribution is 6.34. The number of benzene rings is 3. The van der Waals surface area contributed by atoms with Crippen molar-refractivity contribution in [1.29, 1.82) is 5.26 Å². The number of nitrogens with zero attached hydrogens (tertiary/aromatic N) is 5. The predicted molar refractivity (Wildman–Crippen MR) is 149 cm³/mol. The van der Waals surface area contributed by atoms with E-state index in [0.717, 1.165) is 27.8 Å². The van der Waals surface area contributed by atoms with E-state index in [0.29, 0.717) is 48.5 Å². The summed E-state index contributed by atoms with van der Waals surface area (Å²) in [7, 11) is 3.40. The SMILES string of the molecule is CCOC(=O)CC(c1cc(OC)c2c(c1)nnn2C)c1cccc2c1CCN(C(=O)c1ccc(C#N)cc1Cl)C2. The van der Waals surface area contributed by atoms with Crippen LogP contribution in [0, 0.1) is 11.3 Å². The molecular weight excluding hydrogens is 530 g/mol. The van der Waals surface area contributed by atoms with Crippen LogP contribution in [0.2, 0.25) is 5.02 Å². The number of aryl methyl sites for hydroxylation is 1. The second-order valence-corrected chi connectivity index (χ2v) is 10.0. The molecule has 1 atom stereocenters. The van der Waals surface area contributed by atoms with Crippen molar-refractivity contribution in [3.63, 3.8) is 0 Å². The molecule has 10 heteroatoms. The molecule has 4 aromatic rings. The van der Waals surface area contributed by atoms with Gasteiger partial charge in [-0.25, -0.2) is 4.68 Å². The number of ether oxygens (including phenoxy) is 2. The van der Waals surface area contributed by atoms with E-state index in [1.165, 1.54) is 6.07 Å². The molecule has 5 rings (SSSR count). The van der Waals surface area contributed by atoms with Crippen molar-refractivity contribution in [2.24, 2.45) is 7.05 Å². The fourth-order valence-electron chi connectivity index (χ4n) is 5.39. The zero-order chi connectivity index (χ0) is 28.4. The summed E-state index contributed by atoms with van der Waals surface area (Å²) in [5.41, 5.74) is 6.18. The summed E-state index contributed by atoms with van der Waals surface area (Å²) in [5, 5.41) is 17.8. The lowest BCUT2D eigenvalue weighted by Gasteiger charge is -2.32. The van der Waals surface area contributed by atoms with Gasteiger partial charge in [0, 0.05) is 26.1 Å². The Kier molecular flexibility index (Phi) is 7.71. The minimum Gasteiger partial charge on any atom is -0.494 e. The summed E-state index contributed by atoms with van der Waals surface area (Å²) >= 11 is 6.34. The molecule has 1 aromatic heterocycles. The summed E-state index contributed by atoms with van der Waals surface area (Å²) < 4.78 is 12.7. The molecule has 1 aliphatic rings. The fourth-order valence-corrected chi connectivity index (χ4v) is 5.65. The van der Waals surface area contributed by atoms with Crippen LogP contribution in [0.15, 0.2) is 48.5 Å². The van der Waals surface area contributed by atoms with Crippen molar-refractivity contribution in [1.82, 2.24) is 19.9 Å². The number of hydrogen-bond acceptors (Lipinski definition) is 7. The maximum Gasteiger partial charge on any atom is 0.306 e. The molecule has 1 aliphatic heterocycles. The van der Waals surface area contributed by atoms with Crippen LogP contribution in [0.1, 0.15) is 57.4 Å². The van der Waals surface area contributed by atoms with E-state index in [9.17, 15) is 9.59 Å². The lowest BCUT2D eigenvalue weighted by Crippen LogP contribution is -2.36. The Labute approximate surface area is 236 Å². The summed E-state index contributed by atoms with van der Waals surface area (Å²) in [4.78, 5) is 27.9. The molecule has 204 valence electrons. The molecule has 0 spiro atoms. The summed E-state index contributed by atoms with van der Waals surface area (Å²) in [6.07, 6.45) is 0.748. The third-order valence-corrected chi connectivity index (χ3v) is 7.59. The predicted octanol–water partition coefficient (Wildman–Crippen LogP) is 4.79. The smallest absolute Gasteiger partial charge is 0.306 e. The van der Waals surface area contributed by atoms with Gasteiger partial charge in [0.25, 0.3) is 5.91 Å². The molecule has 2 heterocycles. The summed E-state index contributed by atoms with van der Waals surface area (Å²) in [6, 6.07) is 16.6. The molecule has 0 saturated heterocycles. The quantitative estimate of drug-likeness (QED) is 0.300. The first kappa shape index (κ1) is 27.2. The topological polar surface area (TPSA) is 110 Å². The number of nitriles is 1. The number of carbonyl (C=O) groups excluding carboxylic acids is 2. The molecule has 0 bridgehead atoms. The fraction of sp³-hybridized carbons (Fsp3) is 0.300. The van der Waals surface area contributed by atoms with Crippen molar-refractivity contribution >= 4 is 34.5 Å². The van der Waals surface area contributed by atoms with E-state index < -0.39 is 0 Å². The first-order valence-corrected chi connectivity index (χ1v) is 13.3. The number of fused-ring (bicyclic) bond motifs is 2. The largest absolute Gasteiger partial charge is 0.494 e. The Bertz CT molecular complexity index is 1660. The van der Waals surface area contributed by atoms with Crippen molar-refractivity contribution < 1.29 is 19.1 Å². The number of carbonyl (C=O) groups is 2. The average Bonchev–Trinajstić information content (AvgIpc) is 3.35. The van der Waals surface area contributed by atoms with Gasteiger partial charge in [-0.05, 0) is 65.9 Å². The molecule has 0 aliphatic carbocycles. The number of halogens is 1. The standard InChI is InChI=1S/C30H28ClN5O4/c1-4-40-28(37)15-24(20-13-26-29(27(14-20)39-3)35(2)34-33-26)22-7-5-6-19-17-36(11-10-21(19)22)30(38)23-9-8-18(16-32)12-25(23)31/h5-9,12-14,24H,4,10-11,15,17H2,1-3H3. The number of rotatable bonds is 7. The van der Waals surface area contributed by atoms with Crippen LogP contribution in [-0.4, -0.2) is 52.0 Å². The normalized spacial score (nSPS) is 13.4. The van der Waals surface area contributed by atoms with Crippen LogP contribution in [0.5, 0.6) is 5.75 Å². The van der Waals surface area contributed by atoms with Crippen LogP contribution in [0.25, 0.3) is 11.0 Å². The van der Waals surface area contributed by atoms with Crippen LogP contribution < -0.4 is 4.74 Å². The molecule has 1 amide bonds. The van der Waals surface area contributed by atoms with Gasteiger partial charge in [0.1, 0.15) is 16.8 Å². The molecule has 0 radical (unpaired) electrons. The van der Waals surface area contributed by atoms with Gasteiger partial charge in [0.05, 0.1) is 42.4 Å². The van der Waals surface area contributed by atoms with E-state index in [2.05, 4.69) is 10.3 Å². The van der Waals surface area contributed by atoms with Gasteiger partial charge in [0.15, 0.2) is 0 Å². The number of aromatic nitrogens is 3. The molecule has 1 unspecified atom stereocenters. The molecule has 40 heavy (non-hydrogen) atoms. The van der Waals surface area contributed by atoms with Crippen LogP contribution in [0.4, 0.5) is 0 Å². The van der Waals surface area contributed by atoms with Gasteiger partial charge in [-0.15, -0.1) is 5.10 Å². The van der Waals surface area contributed by atoms with Crippen molar-refractivity contribution in [2.75, 3.05) is 20.3 Å². The number of esters is 1. The molecule has 3 aromatic carbocycles. The first-order chi connectivity index (χ1) is 19.3. The number of hydrogen-bond donors (Lipinski definition) is 0. The Morgan fingerprint density at radius 1 is 1.20 bits per heavy atom. The second kappa shape index (κ2) is 11.4. The van der Waals surface area contributed by atoms with Gasteiger partial charge in [-0.2, -0.15) is 5.26 Å². The molecule has 0 N–H and O–H groups in total. The Morgan fingerprint density at radius 3 is 2.75 bits per heavy atom. The molecule has 0 fully saturated rings. The zero-order valence-corrected chi connectivity index (χ0v) is 23.2. The second-order valence-electron chi connectivity index (χ2n) is 9.63. The van der Waals surface area contributed by atoms with E-state index in [-0.39, 0.29) is 29.2 Å². The molecular formula is C30H28ClN5O4. The Balaban J connectivity index is 1.52. The lowest BCUT2D eigenvalue weighted by atomic mass is 9.82. The lowest BCUT2D eigenvalue weighted by molar-refractivity contribution is -0.143. The third-order valence-electron chi connectivity index (χ3n) is 7.28. The monoisotopic (exact) mass is 557 g/mol. The van der Waals surface area contributed by atoms with Crippen molar-refractivity contribution in [3.05, 3.63) is 86.9 Å². The highest BCUT2D eigenvalue weighted by atomic mass is 35.5. The first-order valence-electron chi connectivity index (χ1n) is 13.0. The van der Waals surface area contributed by atoms with Crippen LogP contribution in [-0.2, 0) is 29.5 Å². The highest BCUT2D eigenvalue weighted by Crippen LogP contribution is 2.38. The summed E-state index contributed by atoms with van der Waals surface area (Å²) in [6.45, 7) is 2.96. The van der Waals surface area contributed by atoms with Gasteiger partial charge < -0.3 is 14.4 Å². The summed E-state index contributed by atoms with van der Waals surface area (Å²) in [5.74, 6) is -0.183. The van der Waals surface area contributed by atoms with E-state index in [4.69, 9.17) is 26.3 Å². The Morgan fingerprint density at radius 2 is 2.02 bits per heavy atom. The minimum atomic E-state index is -0.315. The zero-order valence-electron chi connectivity index (χ0n) is 22.5. The average molecular weight is 558 g/mol. The van der Waals surface area contributed by atoms with Crippen molar-refractivity contribution in [2.45, 2.75) is 32.2 Å². The van der Waals surface area contributed by atoms with Gasteiger partial charge in [0.2, 0.25) is 0 Å². The third kappa shape index (κ3) is 5.10. The van der Waals surface area contributed by atoms with Crippen LogP contribution >= 0.6 is 11.6 Å². The molecule has 9 nitrogen and oxygen atoms in total. The maximum absolute atomic E-state index is 13.4. The van der Waals surface area contributed by atoms with Gasteiger partial charge in [-0.1, -0.05) is 35.0 Å². The van der Waals surface area contributed by atoms with Gasteiger partial charge in [-0.3, -0.25) is 9.59 Å². The van der Waals surface area contributed by atoms with Crippen LogP contribution in [0.3, 0.4) is 0 Å². The number of amides is 1. The van der Waals surface area contributed by atoms with E-state index in [1.54, 1.807) is 42.8 Å². The van der Waals surface area contributed by atoms with Gasteiger partial charge >= 0.3 is 5.97 Å². The van der Waals surface area contributed by atoms with Crippen molar-refractivity contribution in [3.8, 4) is 11.8 Å². The highest BCUT2D eigenvalue weighted by Gasteiger charge is 2.29. The number of methoxy groups -OCH3 is 1. The maximum atomic E-state index is 13.4.